The van der Waals surface area contributed by atoms with Crippen molar-refractivity contribution >= 4 is 0 Å². The van der Waals surface area contributed by atoms with E-state index in [1.807, 2.05) is 6.07 Å². The Bertz CT molecular complexity index is 577. The van der Waals surface area contributed by atoms with E-state index in [1.165, 1.54) is 7.11 Å². The highest BCUT2D eigenvalue weighted by molar-refractivity contribution is 5.57. The zero-order chi connectivity index (χ0) is 14.7. The molecule has 2 heterocycles. The van der Waals surface area contributed by atoms with Gasteiger partial charge in [-0.05, 0) is 11.2 Å². The molecule has 0 amide bonds. The molecule has 21 heavy (non-hydrogen) atoms. The lowest BCUT2D eigenvalue weighted by atomic mass is 9.92. The van der Waals surface area contributed by atoms with Gasteiger partial charge in [0.2, 0.25) is 5.88 Å². The first-order valence-corrected chi connectivity index (χ1v) is 6.64. The number of nitrogens with zero attached hydrogens (tertiary/aromatic N) is 2. The molecule has 7 nitrogen and oxygen atoms in total. The quantitative estimate of drug-likeness (QED) is 0.809. The summed E-state index contributed by atoms with van der Waals surface area (Å²) in [5, 5.41) is 13.0. The highest BCUT2D eigenvalue weighted by atomic mass is 16.7. The smallest absolute Gasteiger partial charge is 0.256 e. The van der Waals surface area contributed by atoms with E-state index in [4.69, 9.17) is 18.7 Å². The highest BCUT2D eigenvalue weighted by Crippen LogP contribution is 2.27. The van der Waals surface area contributed by atoms with Crippen LogP contribution in [0.15, 0.2) is 28.9 Å². The van der Waals surface area contributed by atoms with Crippen molar-refractivity contribution < 1.29 is 23.8 Å². The van der Waals surface area contributed by atoms with Gasteiger partial charge in [-0.15, -0.1) is 0 Å². The molecular weight excluding hydrogens is 276 g/mol. The lowest BCUT2D eigenvalue weighted by molar-refractivity contribution is -0.0128. The molecule has 3 rings (SSSR count). The maximum Gasteiger partial charge on any atom is 0.256 e. The molecule has 1 aliphatic carbocycles. The van der Waals surface area contributed by atoms with Crippen LogP contribution >= 0.6 is 0 Å². The van der Waals surface area contributed by atoms with Crippen LogP contribution in [-0.2, 0) is 4.74 Å². The van der Waals surface area contributed by atoms with Gasteiger partial charge in [-0.2, -0.15) is 0 Å². The minimum absolute atomic E-state index is 0.0534. The van der Waals surface area contributed by atoms with Crippen molar-refractivity contribution in [3.05, 3.63) is 24.4 Å². The number of aliphatic hydroxyl groups is 1. The molecule has 0 bridgehead atoms. The normalized spacial score (nSPS) is 20.9. The van der Waals surface area contributed by atoms with Crippen molar-refractivity contribution in [3.8, 4) is 23.1 Å². The van der Waals surface area contributed by atoms with Gasteiger partial charge < -0.3 is 23.8 Å². The number of rotatable bonds is 6. The molecule has 0 aliphatic heterocycles. The molecule has 1 N–H and O–H groups in total. The third-order valence-corrected chi connectivity index (χ3v) is 3.19. The van der Waals surface area contributed by atoms with Crippen LogP contribution in [0.1, 0.15) is 12.8 Å². The predicted octanol–water partition coefficient (Wildman–Crippen LogP) is 1.62. The second-order valence-electron chi connectivity index (χ2n) is 4.83. The SMILES string of the molecule is COCOc1cc(-c2ccc(OC3CC(O)C3)nc2)on1. The molecule has 1 fully saturated rings. The number of ether oxygens (including phenoxy) is 3. The third kappa shape index (κ3) is 3.32. The van der Waals surface area contributed by atoms with Crippen LogP contribution in [0.2, 0.25) is 0 Å². The maximum absolute atomic E-state index is 9.21. The summed E-state index contributed by atoms with van der Waals surface area (Å²) >= 11 is 0. The highest BCUT2D eigenvalue weighted by Gasteiger charge is 2.29. The Morgan fingerprint density at radius 2 is 2.19 bits per heavy atom. The van der Waals surface area contributed by atoms with Crippen molar-refractivity contribution in [2.24, 2.45) is 0 Å². The van der Waals surface area contributed by atoms with Crippen molar-refractivity contribution in [2.75, 3.05) is 13.9 Å². The third-order valence-electron chi connectivity index (χ3n) is 3.19. The Balaban J connectivity index is 1.62. The summed E-state index contributed by atoms with van der Waals surface area (Å²) < 4.78 is 20.7. The van der Waals surface area contributed by atoms with E-state index in [0.717, 1.165) is 5.56 Å². The van der Waals surface area contributed by atoms with E-state index in [9.17, 15) is 5.11 Å². The van der Waals surface area contributed by atoms with Gasteiger partial charge in [0, 0.05) is 43.8 Å². The molecule has 0 unspecified atom stereocenters. The Morgan fingerprint density at radius 3 is 2.86 bits per heavy atom. The molecule has 0 aromatic carbocycles. The lowest BCUT2D eigenvalue weighted by Crippen LogP contribution is -2.37. The molecule has 112 valence electrons. The topological polar surface area (TPSA) is 86.8 Å². The summed E-state index contributed by atoms with van der Waals surface area (Å²) in [4.78, 5) is 4.22. The monoisotopic (exact) mass is 292 g/mol. The van der Waals surface area contributed by atoms with Gasteiger partial charge in [0.1, 0.15) is 6.10 Å². The van der Waals surface area contributed by atoms with Crippen molar-refractivity contribution in [1.82, 2.24) is 10.1 Å². The number of pyridine rings is 1. The van der Waals surface area contributed by atoms with Crippen LogP contribution in [0.4, 0.5) is 0 Å². The largest absolute Gasteiger partial charge is 0.474 e. The molecule has 0 spiro atoms. The Morgan fingerprint density at radius 1 is 1.33 bits per heavy atom. The van der Waals surface area contributed by atoms with Crippen LogP contribution in [0, 0.1) is 0 Å². The van der Waals surface area contributed by atoms with Crippen LogP contribution in [0.5, 0.6) is 11.8 Å². The fourth-order valence-electron chi connectivity index (χ4n) is 1.98. The fourth-order valence-corrected chi connectivity index (χ4v) is 1.98. The predicted molar refractivity (Wildman–Crippen MR) is 71.9 cm³/mol. The van der Waals surface area contributed by atoms with E-state index < -0.39 is 0 Å². The Kier molecular flexibility index (Phi) is 4.03. The number of aliphatic hydroxyl groups excluding tert-OH is 1. The van der Waals surface area contributed by atoms with Gasteiger partial charge >= 0.3 is 0 Å². The van der Waals surface area contributed by atoms with Crippen molar-refractivity contribution in [3.63, 3.8) is 0 Å². The molecule has 2 aromatic rings. The lowest BCUT2D eigenvalue weighted by Gasteiger charge is -2.31. The minimum Gasteiger partial charge on any atom is -0.474 e. The molecule has 7 heteroatoms. The molecular formula is C14H16N2O5. The summed E-state index contributed by atoms with van der Waals surface area (Å²) in [5.74, 6) is 1.45. The molecule has 1 saturated carbocycles. The Labute approximate surface area is 121 Å². The first kappa shape index (κ1) is 13.8. The van der Waals surface area contributed by atoms with E-state index in [2.05, 4.69) is 10.1 Å². The van der Waals surface area contributed by atoms with Gasteiger partial charge in [0.15, 0.2) is 12.6 Å². The van der Waals surface area contributed by atoms with Gasteiger partial charge in [-0.25, -0.2) is 4.98 Å². The summed E-state index contributed by atoms with van der Waals surface area (Å²) in [6.07, 6.45) is 2.77. The molecule has 0 saturated heterocycles. The van der Waals surface area contributed by atoms with Crippen LogP contribution in [0.3, 0.4) is 0 Å². The minimum atomic E-state index is -0.242. The van der Waals surface area contributed by atoms with Crippen molar-refractivity contribution in [2.45, 2.75) is 25.0 Å². The van der Waals surface area contributed by atoms with Crippen LogP contribution in [-0.4, -0.2) is 41.4 Å². The van der Waals surface area contributed by atoms with E-state index in [0.29, 0.717) is 30.4 Å². The second kappa shape index (κ2) is 6.11. The number of hydrogen-bond acceptors (Lipinski definition) is 7. The standard InChI is InChI=1S/C14H16N2O5/c1-18-8-19-14-6-12(21-16-14)9-2-3-13(15-7-9)20-11-4-10(17)5-11/h2-3,6-7,10-11,17H,4-5,8H2,1H3. The fraction of sp³-hybridized carbons (Fsp3) is 0.429. The number of hydrogen-bond donors (Lipinski definition) is 1. The molecule has 1 aliphatic rings. The molecule has 2 aromatic heterocycles. The average molecular weight is 292 g/mol. The van der Waals surface area contributed by atoms with Gasteiger partial charge in [-0.1, -0.05) is 0 Å². The number of methoxy groups -OCH3 is 1. The molecule has 0 atom stereocenters. The zero-order valence-electron chi connectivity index (χ0n) is 11.6. The van der Waals surface area contributed by atoms with E-state index in [1.54, 1.807) is 18.3 Å². The summed E-state index contributed by atoms with van der Waals surface area (Å²) in [6.45, 7) is 0.115. The van der Waals surface area contributed by atoms with Crippen LogP contribution in [0.25, 0.3) is 11.3 Å². The van der Waals surface area contributed by atoms with Crippen molar-refractivity contribution in [1.29, 1.82) is 0 Å². The summed E-state index contributed by atoms with van der Waals surface area (Å²) in [7, 11) is 1.53. The summed E-state index contributed by atoms with van der Waals surface area (Å²) in [6, 6.07) is 5.26. The van der Waals surface area contributed by atoms with Gasteiger partial charge in [0.05, 0.1) is 6.10 Å². The first-order valence-electron chi connectivity index (χ1n) is 6.64. The molecule has 0 radical (unpaired) electrons. The van der Waals surface area contributed by atoms with Crippen LogP contribution < -0.4 is 9.47 Å². The second-order valence-corrected chi connectivity index (χ2v) is 4.83. The van der Waals surface area contributed by atoms with Gasteiger partial charge in [-0.3, -0.25) is 0 Å². The first-order chi connectivity index (χ1) is 10.2. The number of aromatic nitrogens is 2. The maximum atomic E-state index is 9.21. The Hall–Kier alpha value is -2.12. The van der Waals surface area contributed by atoms with E-state index >= 15 is 0 Å². The van der Waals surface area contributed by atoms with E-state index in [-0.39, 0.29) is 19.0 Å². The van der Waals surface area contributed by atoms with Gasteiger partial charge in [0.25, 0.3) is 5.88 Å². The summed E-state index contributed by atoms with van der Waals surface area (Å²) in [5.41, 5.74) is 0.774. The zero-order valence-corrected chi connectivity index (χ0v) is 11.6. The average Bonchev–Trinajstić information content (AvgIpc) is 2.93.